The molecule has 2 aliphatic rings. The molecule has 0 aliphatic carbocycles. The lowest BCUT2D eigenvalue weighted by molar-refractivity contribution is -0.147. The van der Waals surface area contributed by atoms with E-state index in [-0.39, 0.29) is 27.0 Å². The van der Waals surface area contributed by atoms with Crippen LogP contribution in [-0.2, 0) is 33.4 Å². The molecule has 166 valence electrons. The standard InChI is InChI=1S/C22H18ClF2N3O4/c23-15-4-2-14(3-5-15)22(24,25)21(32)26-10-12-1-6-16-13(9-12)11-28(20(16)31)17-7-8-18(29)27-19(17)30/h1-6,9,17H,7-8,10-11H2,(H,26,32)(H,27,29,30)/t17-/m0/s1/i7D2,8D2,10D,17D/hD/t10?,17-. The Labute approximate surface area is 196 Å². The van der Waals surface area contributed by atoms with Gasteiger partial charge >= 0.3 is 5.92 Å². The molecule has 0 radical (unpaired) electrons. The van der Waals surface area contributed by atoms with E-state index in [4.69, 9.17) is 21.2 Å². The van der Waals surface area contributed by atoms with Crippen molar-refractivity contribution in [2.45, 2.75) is 37.8 Å². The molecular formula is C22H18ClF2N3O4. The molecule has 7 nitrogen and oxygen atoms in total. The zero-order chi connectivity index (χ0) is 29.3. The summed E-state index contributed by atoms with van der Waals surface area (Å²) in [5.74, 6) is -10.4. The summed E-state index contributed by atoms with van der Waals surface area (Å²) >= 11 is 5.68. The van der Waals surface area contributed by atoms with Crippen molar-refractivity contribution in [2.24, 2.45) is 0 Å². The van der Waals surface area contributed by atoms with Crippen LogP contribution < -0.4 is 10.6 Å². The molecule has 0 saturated carbocycles. The molecule has 2 atom stereocenters. The number of piperidine rings is 1. The summed E-state index contributed by atoms with van der Waals surface area (Å²) in [4.78, 5) is 50.4. The second-order valence-corrected chi connectivity index (χ2v) is 7.27. The molecule has 0 bridgehead atoms. The van der Waals surface area contributed by atoms with Gasteiger partial charge in [0.05, 0.1) is 2.74 Å². The first-order valence-electron chi connectivity index (χ1n) is 12.6. The average molecular weight is 469 g/mol. The first-order valence-corrected chi connectivity index (χ1v) is 9.46. The lowest BCUT2D eigenvalue weighted by Gasteiger charge is -2.29. The molecule has 2 aromatic rings. The largest absolute Gasteiger partial charge is 0.349 e. The third-order valence-electron chi connectivity index (χ3n) is 4.75. The van der Waals surface area contributed by atoms with Gasteiger partial charge in [-0.2, -0.15) is 8.78 Å². The molecule has 0 spiro atoms. The van der Waals surface area contributed by atoms with Crippen molar-refractivity contribution in [3.63, 3.8) is 0 Å². The fraction of sp³-hybridized carbons (Fsp3) is 0.273. The third-order valence-corrected chi connectivity index (χ3v) is 5.00. The highest BCUT2D eigenvalue weighted by Crippen LogP contribution is 2.30. The van der Waals surface area contributed by atoms with Gasteiger partial charge in [0.25, 0.3) is 11.8 Å². The number of nitrogens with zero attached hydrogens (tertiary/aromatic N) is 1. The molecule has 1 saturated heterocycles. The Hall–Kier alpha value is -3.33. The normalized spacial score (nSPS) is 28.0. The van der Waals surface area contributed by atoms with Crippen LogP contribution in [0.15, 0.2) is 42.5 Å². The molecule has 4 amide bonds. The molecule has 2 heterocycles. The number of hydrogen-bond donors (Lipinski definition) is 2. The highest BCUT2D eigenvalue weighted by Gasteiger charge is 2.41. The summed E-state index contributed by atoms with van der Waals surface area (Å²) in [6, 6.07) is 4.10. The molecule has 4 rings (SSSR count). The van der Waals surface area contributed by atoms with E-state index >= 15 is 0 Å². The number of benzene rings is 2. The van der Waals surface area contributed by atoms with Crippen molar-refractivity contribution in [3.8, 4) is 0 Å². The van der Waals surface area contributed by atoms with Gasteiger partial charge in [-0.3, -0.25) is 24.5 Å². The van der Waals surface area contributed by atoms with Crippen LogP contribution in [0.5, 0.6) is 0 Å². The monoisotopic (exact) mass is 468 g/mol. The van der Waals surface area contributed by atoms with Gasteiger partial charge in [0, 0.05) is 41.1 Å². The van der Waals surface area contributed by atoms with E-state index in [1.54, 1.807) is 5.32 Å². The maximum atomic E-state index is 14.7. The van der Waals surface area contributed by atoms with Crippen molar-refractivity contribution < 1.29 is 37.6 Å². The van der Waals surface area contributed by atoms with E-state index in [0.29, 0.717) is 4.90 Å². The van der Waals surface area contributed by atoms with Crippen LogP contribution >= 0.6 is 11.6 Å². The van der Waals surface area contributed by atoms with Crippen molar-refractivity contribution in [1.29, 1.82) is 0 Å². The van der Waals surface area contributed by atoms with Gasteiger partial charge < -0.3 is 10.2 Å². The van der Waals surface area contributed by atoms with Crippen molar-refractivity contribution >= 4 is 35.2 Å². The maximum absolute atomic E-state index is 14.7. The Bertz CT molecular complexity index is 1410. The Morgan fingerprint density at radius 2 is 2.03 bits per heavy atom. The number of carbonyl (C=O) groups is 4. The van der Waals surface area contributed by atoms with Crippen LogP contribution in [0.25, 0.3) is 0 Å². The topological polar surface area (TPSA) is 95.6 Å². The van der Waals surface area contributed by atoms with Crippen molar-refractivity contribution in [2.75, 3.05) is 0 Å². The number of amides is 4. The smallest absolute Gasteiger partial charge is 0.346 e. The number of nitrogens with one attached hydrogen (secondary N) is 2. The molecular weight excluding hydrogens is 444 g/mol. The summed E-state index contributed by atoms with van der Waals surface area (Å²) in [5, 5.41) is 1.46. The van der Waals surface area contributed by atoms with Crippen LogP contribution in [0.2, 0.25) is 6.43 Å². The lowest BCUT2D eigenvalue weighted by Crippen LogP contribution is -2.52. The Kier molecular flexibility index (Phi) is 3.81. The number of carbonyl (C=O) groups excluding carboxylic acids is 4. The lowest BCUT2D eigenvalue weighted by atomic mass is 10.0. The minimum Gasteiger partial charge on any atom is -0.346 e. The summed E-state index contributed by atoms with van der Waals surface area (Å²) in [6.07, 6.45) is -6.86. The Morgan fingerprint density at radius 1 is 1.31 bits per heavy atom. The molecule has 0 aromatic heterocycles. The highest BCUT2D eigenvalue weighted by atomic mass is 35.5. The third kappa shape index (κ3) is 4.08. The molecule has 32 heavy (non-hydrogen) atoms. The number of rotatable bonds is 5. The summed E-state index contributed by atoms with van der Waals surface area (Å²) in [6.45, 7) is -2.66. The zero-order valence-corrected chi connectivity index (χ0v) is 16.7. The summed E-state index contributed by atoms with van der Waals surface area (Å²) in [5.41, 5.74) is -1.13. The molecule has 1 unspecified atom stereocenters. The number of hydrogen-bond acceptors (Lipinski definition) is 4. The molecule has 1 fully saturated rings. The second-order valence-electron chi connectivity index (χ2n) is 6.83. The van der Waals surface area contributed by atoms with E-state index in [9.17, 15) is 28.0 Å². The maximum Gasteiger partial charge on any atom is 0.349 e. The fourth-order valence-electron chi connectivity index (χ4n) is 3.15. The fourth-order valence-corrected chi connectivity index (χ4v) is 3.28. The minimum atomic E-state index is -4.18. The minimum absolute atomic E-state index is 0.00672. The predicted molar refractivity (Wildman–Crippen MR) is 110 cm³/mol. The van der Waals surface area contributed by atoms with Gasteiger partial charge in [-0.25, -0.2) is 0 Å². The number of fused-ring (bicyclic) bond motifs is 1. The van der Waals surface area contributed by atoms with Crippen LogP contribution in [0.4, 0.5) is 8.78 Å². The van der Waals surface area contributed by atoms with Crippen molar-refractivity contribution in [1.82, 2.24) is 15.5 Å². The summed E-state index contributed by atoms with van der Waals surface area (Å²) < 4.78 is 85.9. The van der Waals surface area contributed by atoms with E-state index < -0.39 is 66.9 Å². The quantitative estimate of drug-likeness (QED) is 0.659. The average Bonchev–Trinajstić information content (AvgIpc) is 3.21. The van der Waals surface area contributed by atoms with Crippen molar-refractivity contribution in [3.05, 3.63) is 69.7 Å². The Balaban J connectivity index is 1.62. The molecule has 2 aliphatic heterocycles. The Morgan fingerprint density at radius 3 is 2.75 bits per heavy atom. The number of alkyl halides is 2. The molecule has 10 heteroatoms. The van der Waals surface area contributed by atoms with E-state index in [1.165, 1.54) is 0 Å². The highest BCUT2D eigenvalue weighted by molar-refractivity contribution is 6.30. The van der Waals surface area contributed by atoms with E-state index in [1.807, 2.05) is 0 Å². The first kappa shape index (κ1) is 14.7. The number of imide groups is 1. The van der Waals surface area contributed by atoms with Gasteiger partial charge in [-0.15, -0.1) is 0 Å². The predicted octanol–water partition coefficient (Wildman–Crippen LogP) is 2.51. The van der Waals surface area contributed by atoms with Gasteiger partial charge in [-0.1, -0.05) is 35.9 Å². The van der Waals surface area contributed by atoms with Crippen LogP contribution in [0.1, 0.15) is 48.0 Å². The van der Waals surface area contributed by atoms with Crippen LogP contribution in [0, 0.1) is 0 Å². The molecule has 2 aromatic carbocycles. The number of halogens is 3. The van der Waals surface area contributed by atoms with E-state index in [2.05, 4.69) is 0 Å². The SMILES string of the molecule is [2H]C(c1ccc2c(c1)CN([C@]1([2H])C(=O)NC(=O)C([2H])([2H])C1([2H])[2H])C2=O)N([2H])C(=O)C(F)(F)c1ccc(Cl)cc1. The van der Waals surface area contributed by atoms with E-state index in [0.717, 1.165) is 42.5 Å². The van der Waals surface area contributed by atoms with Crippen LogP contribution in [0.3, 0.4) is 0 Å². The first-order chi connectivity index (χ1) is 17.9. The molecule has 2 N–H and O–H groups in total. The summed E-state index contributed by atoms with van der Waals surface area (Å²) in [7, 11) is 0. The zero-order valence-electron chi connectivity index (χ0n) is 23.0. The van der Waals surface area contributed by atoms with Gasteiger partial charge in [-0.05, 0) is 35.7 Å². The second kappa shape index (κ2) is 8.31. The van der Waals surface area contributed by atoms with Gasteiger partial charge in [0.2, 0.25) is 11.8 Å². The van der Waals surface area contributed by atoms with Gasteiger partial charge in [0.1, 0.15) is 6.02 Å². The van der Waals surface area contributed by atoms with Crippen LogP contribution in [-0.4, -0.2) is 34.5 Å². The van der Waals surface area contributed by atoms with Gasteiger partial charge in [0.15, 0.2) is 1.41 Å².